The largest absolute Gasteiger partial charge is 0.417 e. The van der Waals surface area contributed by atoms with E-state index in [1.807, 2.05) is 11.8 Å². The van der Waals surface area contributed by atoms with E-state index in [2.05, 4.69) is 4.98 Å². The molecular formula is C15H19ClF3N3O. The third kappa shape index (κ3) is 4.50. The minimum absolute atomic E-state index is 0.0202. The molecule has 0 atom stereocenters. The molecule has 0 N–H and O–H groups in total. The molecule has 0 spiro atoms. The molecule has 1 aromatic heterocycles. The van der Waals surface area contributed by atoms with Gasteiger partial charge in [0.15, 0.2) is 0 Å². The van der Waals surface area contributed by atoms with Crippen molar-refractivity contribution in [1.82, 2.24) is 9.88 Å². The van der Waals surface area contributed by atoms with Crippen LogP contribution in [0.2, 0.25) is 5.02 Å². The number of hydrogen-bond acceptors (Lipinski definition) is 3. The highest BCUT2D eigenvalue weighted by atomic mass is 35.5. The average Bonchev–Trinajstić information content (AvgIpc) is 2.72. The second-order valence-electron chi connectivity index (χ2n) is 5.50. The second-order valence-corrected chi connectivity index (χ2v) is 5.91. The highest BCUT2D eigenvalue weighted by molar-refractivity contribution is 6.33. The number of carbonyl (C=O) groups excluding carboxylic acids is 1. The van der Waals surface area contributed by atoms with Crippen molar-refractivity contribution in [3.8, 4) is 0 Å². The van der Waals surface area contributed by atoms with Crippen LogP contribution < -0.4 is 4.90 Å². The predicted molar refractivity (Wildman–Crippen MR) is 82.6 cm³/mol. The third-order valence-corrected chi connectivity index (χ3v) is 4.04. The van der Waals surface area contributed by atoms with Crippen molar-refractivity contribution in [3.63, 3.8) is 0 Å². The molecule has 1 aromatic rings. The number of aromatic nitrogens is 1. The summed E-state index contributed by atoms with van der Waals surface area (Å²) in [5.41, 5.74) is -0.860. The first kappa shape index (κ1) is 17.8. The van der Waals surface area contributed by atoms with Crippen molar-refractivity contribution in [2.45, 2.75) is 32.4 Å². The molecule has 1 fully saturated rings. The number of alkyl halides is 3. The van der Waals surface area contributed by atoms with Crippen LogP contribution in [0.15, 0.2) is 12.3 Å². The number of carbonyl (C=O) groups is 1. The molecular weight excluding hydrogens is 331 g/mol. The van der Waals surface area contributed by atoms with Gasteiger partial charge in [0.2, 0.25) is 5.91 Å². The fourth-order valence-electron chi connectivity index (χ4n) is 2.57. The summed E-state index contributed by atoms with van der Waals surface area (Å²) in [5, 5.41) is -0.0202. The highest BCUT2D eigenvalue weighted by Crippen LogP contribution is 2.33. The number of amides is 1. The van der Waals surface area contributed by atoms with Crippen LogP contribution in [0.5, 0.6) is 0 Å². The van der Waals surface area contributed by atoms with Gasteiger partial charge in [0.1, 0.15) is 5.82 Å². The van der Waals surface area contributed by atoms with Crippen LogP contribution in [-0.2, 0) is 11.0 Å². The number of pyridine rings is 1. The number of nitrogens with zero attached hydrogens (tertiary/aromatic N) is 3. The summed E-state index contributed by atoms with van der Waals surface area (Å²) in [6.07, 6.45) is -1.62. The molecule has 1 aliphatic rings. The lowest BCUT2D eigenvalue weighted by Gasteiger charge is -2.24. The highest BCUT2D eigenvalue weighted by Gasteiger charge is 2.32. The Morgan fingerprint density at radius 1 is 1.30 bits per heavy atom. The number of hydrogen-bond donors (Lipinski definition) is 0. The molecule has 0 radical (unpaired) electrons. The maximum Gasteiger partial charge on any atom is 0.417 e. The lowest BCUT2D eigenvalue weighted by Crippen LogP contribution is -2.35. The van der Waals surface area contributed by atoms with E-state index >= 15 is 0 Å². The van der Waals surface area contributed by atoms with Crippen molar-refractivity contribution < 1.29 is 18.0 Å². The van der Waals surface area contributed by atoms with Crippen LogP contribution in [0.25, 0.3) is 0 Å². The molecule has 0 bridgehead atoms. The third-order valence-electron chi connectivity index (χ3n) is 3.76. The van der Waals surface area contributed by atoms with Crippen LogP contribution >= 0.6 is 11.6 Å². The van der Waals surface area contributed by atoms with Gasteiger partial charge in [0.25, 0.3) is 0 Å². The molecule has 0 aliphatic carbocycles. The van der Waals surface area contributed by atoms with Crippen LogP contribution in [0.3, 0.4) is 0 Å². The van der Waals surface area contributed by atoms with Gasteiger partial charge >= 0.3 is 6.18 Å². The SMILES string of the molecule is CCCC(=O)N1CCCN(c2ncc(C(F)(F)F)cc2Cl)CC1. The molecule has 2 rings (SSSR count). The number of halogens is 4. The maximum absolute atomic E-state index is 12.7. The Morgan fingerprint density at radius 2 is 2.04 bits per heavy atom. The molecule has 0 unspecified atom stereocenters. The predicted octanol–water partition coefficient (Wildman–Crippen LogP) is 3.59. The van der Waals surface area contributed by atoms with Crippen LogP contribution in [0, 0.1) is 0 Å². The summed E-state index contributed by atoms with van der Waals surface area (Å²) in [6, 6.07) is 0.898. The fraction of sp³-hybridized carbons (Fsp3) is 0.600. The van der Waals surface area contributed by atoms with Gasteiger partial charge in [-0.05, 0) is 18.9 Å². The summed E-state index contributed by atoms with van der Waals surface area (Å²) < 4.78 is 38.0. The van der Waals surface area contributed by atoms with Gasteiger partial charge in [0.05, 0.1) is 10.6 Å². The summed E-state index contributed by atoms with van der Waals surface area (Å²) in [6.45, 7) is 4.24. The Balaban J connectivity index is 2.09. The smallest absolute Gasteiger partial charge is 0.354 e. The summed E-state index contributed by atoms with van der Waals surface area (Å²) >= 11 is 5.99. The Hall–Kier alpha value is -1.50. The zero-order valence-corrected chi connectivity index (χ0v) is 13.6. The Morgan fingerprint density at radius 3 is 2.65 bits per heavy atom. The summed E-state index contributed by atoms with van der Waals surface area (Å²) in [4.78, 5) is 19.5. The van der Waals surface area contributed by atoms with Crippen molar-refractivity contribution in [3.05, 3.63) is 22.8 Å². The van der Waals surface area contributed by atoms with E-state index in [9.17, 15) is 18.0 Å². The van der Waals surface area contributed by atoms with Crippen molar-refractivity contribution in [2.24, 2.45) is 0 Å². The fourth-order valence-corrected chi connectivity index (χ4v) is 2.85. The molecule has 0 aromatic carbocycles. The van der Waals surface area contributed by atoms with Crippen LogP contribution in [0.1, 0.15) is 31.7 Å². The quantitative estimate of drug-likeness (QED) is 0.836. The normalized spacial score (nSPS) is 16.4. The lowest BCUT2D eigenvalue weighted by atomic mass is 10.2. The van der Waals surface area contributed by atoms with Gasteiger partial charge in [-0.3, -0.25) is 4.79 Å². The van der Waals surface area contributed by atoms with Gasteiger partial charge < -0.3 is 9.80 Å². The Labute approximate surface area is 138 Å². The van der Waals surface area contributed by atoms with Crippen LogP contribution in [0.4, 0.5) is 19.0 Å². The minimum Gasteiger partial charge on any atom is -0.354 e. The Bertz CT molecular complexity index is 565. The molecule has 0 saturated carbocycles. The maximum atomic E-state index is 12.7. The van der Waals surface area contributed by atoms with E-state index in [0.717, 1.165) is 25.1 Å². The first-order chi connectivity index (χ1) is 10.8. The van der Waals surface area contributed by atoms with Gasteiger partial charge in [-0.2, -0.15) is 13.2 Å². The Kier molecular flexibility index (Phi) is 5.73. The standard InChI is InChI=1S/C15H19ClF3N3O/c1-2-4-13(23)21-5-3-6-22(8-7-21)14-12(16)9-11(10-20-14)15(17,18)19/h9-10H,2-8H2,1H3. The molecule has 1 amide bonds. The van der Waals surface area contributed by atoms with Gasteiger partial charge in [-0.25, -0.2) is 4.98 Å². The topological polar surface area (TPSA) is 36.4 Å². The van der Waals surface area contributed by atoms with E-state index in [1.165, 1.54) is 0 Å². The van der Waals surface area contributed by atoms with E-state index in [1.54, 1.807) is 4.90 Å². The molecule has 8 heteroatoms. The zero-order valence-electron chi connectivity index (χ0n) is 12.9. The van der Waals surface area contributed by atoms with Gasteiger partial charge in [-0.15, -0.1) is 0 Å². The van der Waals surface area contributed by atoms with Gasteiger partial charge in [-0.1, -0.05) is 18.5 Å². The van der Waals surface area contributed by atoms with E-state index in [-0.39, 0.29) is 10.9 Å². The molecule has 128 valence electrons. The van der Waals surface area contributed by atoms with Crippen molar-refractivity contribution in [1.29, 1.82) is 0 Å². The zero-order chi connectivity index (χ0) is 17.0. The average molecular weight is 350 g/mol. The van der Waals surface area contributed by atoms with E-state index in [0.29, 0.717) is 38.4 Å². The monoisotopic (exact) mass is 349 g/mol. The molecule has 1 aliphatic heterocycles. The molecule has 4 nitrogen and oxygen atoms in total. The van der Waals surface area contributed by atoms with E-state index in [4.69, 9.17) is 11.6 Å². The molecule has 23 heavy (non-hydrogen) atoms. The van der Waals surface area contributed by atoms with Crippen LogP contribution in [-0.4, -0.2) is 42.0 Å². The second kappa shape index (κ2) is 7.38. The first-order valence-corrected chi connectivity index (χ1v) is 7.96. The number of rotatable bonds is 3. The first-order valence-electron chi connectivity index (χ1n) is 7.58. The van der Waals surface area contributed by atoms with Crippen molar-refractivity contribution >= 4 is 23.3 Å². The minimum atomic E-state index is -4.46. The summed E-state index contributed by atoms with van der Waals surface area (Å²) in [5.74, 6) is 0.449. The molecule has 1 saturated heterocycles. The van der Waals surface area contributed by atoms with Gasteiger partial charge in [0, 0.05) is 38.8 Å². The summed E-state index contributed by atoms with van der Waals surface area (Å²) in [7, 11) is 0. The molecule has 2 heterocycles. The number of anilines is 1. The van der Waals surface area contributed by atoms with Crippen molar-refractivity contribution in [2.75, 3.05) is 31.1 Å². The lowest BCUT2D eigenvalue weighted by molar-refractivity contribution is -0.137. The van der Waals surface area contributed by atoms with E-state index < -0.39 is 11.7 Å².